The van der Waals surface area contributed by atoms with Gasteiger partial charge in [-0.05, 0) is 30.5 Å². The van der Waals surface area contributed by atoms with Crippen molar-refractivity contribution in [3.05, 3.63) is 29.8 Å². The molecule has 2 amide bonds. The van der Waals surface area contributed by atoms with E-state index in [4.69, 9.17) is 4.74 Å². The molecule has 0 aromatic heterocycles. The summed E-state index contributed by atoms with van der Waals surface area (Å²) < 4.78 is 5.64. The molecule has 0 saturated carbocycles. The van der Waals surface area contributed by atoms with Crippen molar-refractivity contribution in [3.63, 3.8) is 0 Å². The summed E-state index contributed by atoms with van der Waals surface area (Å²) in [6, 6.07) is 7.61. The van der Waals surface area contributed by atoms with Crippen LogP contribution in [0.5, 0.6) is 5.75 Å². The molecule has 1 aliphatic rings. The number of amides is 2. The quantitative estimate of drug-likeness (QED) is 0.641. The largest absolute Gasteiger partial charge is 0.494 e. The Morgan fingerprint density at radius 3 is 2.60 bits per heavy atom. The van der Waals surface area contributed by atoms with Gasteiger partial charge in [0, 0.05) is 6.42 Å². The van der Waals surface area contributed by atoms with Crippen LogP contribution in [0.15, 0.2) is 24.3 Å². The number of hydrogen-bond donors (Lipinski definition) is 1. The summed E-state index contributed by atoms with van der Waals surface area (Å²) in [5.41, 5.74) is 0.941. The van der Waals surface area contributed by atoms with Crippen molar-refractivity contribution in [1.82, 2.24) is 5.32 Å². The molecule has 1 N–H and O–H groups in total. The molecule has 4 heteroatoms. The van der Waals surface area contributed by atoms with Gasteiger partial charge >= 0.3 is 0 Å². The van der Waals surface area contributed by atoms with Crippen LogP contribution in [0, 0.1) is 0 Å². The van der Waals surface area contributed by atoms with Crippen molar-refractivity contribution in [2.24, 2.45) is 0 Å². The normalized spacial score (nSPS) is 18.8. The number of ether oxygens (including phenoxy) is 1. The Kier molecular flexibility index (Phi) is 5.16. The first-order valence-electron chi connectivity index (χ1n) is 7.27. The van der Waals surface area contributed by atoms with Crippen LogP contribution in [0.1, 0.15) is 50.5 Å². The van der Waals surface area contributed by atoms with Gasteiger partial charge < -0.3 is 4.74 Å². The van der Waals surface area contributed by atoms with E-state index in [1.807, 2.05) is 24.3 Å². The fourth-order valence-electron chi connectivity index (χ4n) is 2.35. The van der Waals surface area contributed by atoms with Gasteiger partial charge in [0.15, 0.2) is 0 Å². The van der Waals surface area contributed by atoms with Gasteiger partial charge in [-0.1, -0.05) is 31.9 Å². The van der Waals surface area contributed by atoms with Crippen LogP contribution in [-0.4, -0.2) is 18.4 Å². The van der Waals surface area contributed by atoms with Crippen LogP contribution in [0.3, 0.4) is 0 Å². The summed E-state index contributed by atoms with van der Waals surface area (Å²) in [7, 11) is 0. The fourth-order valence-corrected chi connectivity index (χ4v) is 2.35. The van der Waals surface area contributed by atoms with Crippen molar-refractivity contribution in [2.75, 3.05) is 6.61 Å². The van der Waals surface area contributed by atoms with Gasteiger partial charge in [0.2, 0.25) is 11.8 Å². The highest BCUT2D eigenvalue weighted by molar-refractivity contribution is 6.00. The van der Waals surface area contributed by atoms with Crippen LogP contribution in [0.25, 0.3) is 0 Å². The lowest BCUT2D eigenvalue weighted by atomic mass is 9.90. The van der Waals surface area contributed by atoms with Gasteiger partial charge in [-0.15, -0.1) is 0 Å². The summed E-state index contributed by atoms with van der Waals surface area (Å²) in [6.07, 6.45) is 4.41. The van der Waals surface area contributed by atoms with Crippen molar-refractivity contribution in [2.45, 2.75) is 44.9 Å². The van der Waals surface area contributed by atoms with Gasteiger partial charge in [-0.2, -0.15) is 0 Å². The Hall–Kier alpha value is -1.84. The number of benzene rings is 1. The first-order chi connectivity index (χ1) is 9.70. The molecular formula is C16H21NO3. The molecule has 1 aromatic rings. The number of rotatable bonds is 6. The molecule has 1 aliphatic heterocycles. The molecule has 1 atom stereocenters. The van der Waals surface area contributed by atoms with E-state index in [0.717, 1.165) is 24.3 Å². The topological polar surface area (TPSA) is 55.4 Å². The number of unbranched alkanes of at least 4 members (excludes halogenated alkanes) is 2. The molecule has 108 valence electrons. The van der Waals surface area contributed by atoms with E-state index < -0.39 is 0 Å². The Morgan fingerprint density at radius 1 is 1.20 bits per heavy atom. The van der Waals surface area contributed by atoms with Gasteiger partial charge in [-0.25, -0.2) is 0 Å². The summed E-state index contributed by atoms with van der Waals surface area (Å²) >= 11 is 0. The Bertz CT molecular complexity index is 467. The zero-order valence-electron chi connectivity index (χ0n) is 11.9. The average Bonchev–Trinajstić information content (AvgIpc) is 2.45. The molecule has 4 nitrogen and oxygen atoms in total. The Morgan fingerprint density at radius 2 is 1.95 bits per heavy atom. The predicted molar refractivity (Wildman–Crippen MR) is 76.6 cm³/mol. The number of carbonyl (C=O) groups is 2. The van der Waals surface area contributed by atoms with E-state index >= 15 is 0 Å². The van der Waals surface area contributed by atoms with Crippen LogP contribution in [-0.2, 0) is 9.59 Å². The second-order valence-corrected chi connectivity index (χ2v) is 5.13. The molecule has 0 radical (unpaired) electrons. The maximum absolute atomic E-state index is 11.8. The van der Waals surface area contributed by atoms with E-state index in [-0.39, 0.29) is 17.7 Å². The van der Waals surface area contributed by atoms with Gasteiger partial charge in [0.25, 0.3) is 0 Å². The molecule has 20 heavy (non-hydrogen) atoms. The molecule has 1 fully saturated rings. The van der Waals surface area contributed by atoms with Gasteiger partial charge in [0.05, 0.1) is 12.5 Å². The zero-order valence-corrected chi connectivity index (χ0v) is 11.9. The second-order valence-electron chi connectivity index (χ2n) is 5.13. The van der Waals surface area contributed by atoms with E-state index in [1.54, 1.807) is 0 Å². The first-order valence-corrected chi connectivity index (χ1v) is 7.27. The third-order valence-electron chi connectivity index (χ3n) is 3.54. The minimum Gasteiger partial charge on any atom is -0.494 e. The molecular weight excluding hydrogens is 254 g/mol. The van der Waals surface area contributed by atoms with E-state index in [9.17, 15) is 9.59 Å². The lowest BCUT2D eigenvalue weighted by Gasteiger charge is -2.21. The van der Waals surface area contributed by atoms with Crippen molar-refractivity contribution in [3.8, 4) is 5.75 Å². The Labute approximate surface area is 119 Å². The number of hydrogen-bond acceptors (Lipinski definition) is 3. The van der Waals surface area contributed by atoms with Crippen LogP contribution in [0.4, 0.5) is 0 Å². The van der Waals surface area contributed by atoms with Crippen molar-refractivity contribution >= 4 is 11.8 Å². The number of nitrogens with one attached hydrogen (secondary N) is 1. The maximum Gasteiger partial charge on any atom is 0.234 e. The minimum absolute atomic E-state index is 0.179. The fraction of sp³-hybridized carbons (Fsp3) is 0.500. The zero-order chi connectivity index (χ0) is 14.4. The van der Waals surface area contributed by atoms with Crippen molar-refractivity contribution < 1.29 is 14.3 Å². The third-order valence-corrected chi connectivity index (χ3v) is 3.54. The Balaban J connectivity index is 1.91. The van der Waals surface area contributed by atoms with Crippen LogP contribution < -0.4 is 10.1 Å². The van der Waals surface area contributed by atoms with E-state index in [2.05, 4.69) is 12.2 Å². The molecule has 1 heterocycles. The van der Waals surface area contributed by atoms with Gasteiger partial charge in [-0.3, -0.25) is 14.9 Å². The summed E-state index contributed by atoms with van der Waals surface area (Å²) in [5, 5.41) is 2.38. The predicted octanol–water partition coefficient (Wildman–Crippen LogP) is 2.78. The number of imide groups is 1. The first kappa shape index (κ1) is 14.6. The van der Waals surface area contributed by atoms with E-state index in [1.165, 1.54) is 12.8 Å². The maximum atomic E-state index is 11.8. The molecule has 0 bridgehead atoms. The number of carbonyl (C=O) groups excluding carboxylic acids is 2. The molecule has 1 unspecified atom stereocenters. The lowest BCUT2D eigenvalue weighted by molar-refractivity contribution is -0.134. The van der Waals surface area contributed by atoms with Crippen molar-refractivity contribution in [1.29, 1.82) is 0 Å². The number of piperidine rings is 1. The molecule has 2 rings (SSSR count). The third kappa shape index (κ3) is 3.83. The summed E-state index contributed by atoms with van der Waals surface area (Å²) in [5.74, 6) is 0.235. The monoisotopic (exact) mass is 275 g/mol. The minimum atomic E-state index is -0.221. The highest BCUT2D eigenvalue weighted by atomic mass is 16.5. The highest BCUT2D eigenvalue weighted by Crippen LogP contribution is 2.26. The summed E-state index contributed by atoms with van der Waals surface area (Å²) in [4.78, 5) is 22.9. The summed E-state index contributed by atoms with van der Waals surface area (Å²) in [6.45, 7) is 2.89. The SMILES string of the molecule is CCCCCOc1ccc(C2CCC(=O)NC2=O)cc1. The highest BCUT2D eigenvalue weighted by Gasteiger charge is 2.27. The average molecular weight is 275 g/mol. The second kappa shape index (κ2) is 7.08. The van der Waals surface area contributed by atoms with Crippen LogP contribution >= 0.6 is 0 Å². The van der Waals surface area contributed by atoms with Gasteiger partial charge in [0.1, 0.15) is 5.75 Å². The molecule has 0 spiro atoms. The standard InChI is InChI=1S/C16H21NO3/c1-2-3-4-11-20-13-7-5-12(6-8-13)14-9-10-15(18)17-16(14)19/h5-8,14H,2-4,9-11H2,1H3,(H,17,18,19). The molecule has 1 aromatic carbocycles. The smallest absolute Gasteiger partial charge is 0.234 e. The molecule has 0 aliphatic carbocycles. The lowest BCUT2D eigenvalue weighted by Crippen LogP contribution is -2.39. The van der Waals surface area contributed by atoms with Crippen LogP contribution in [0.2, 0.25) is 0 Å². The molecule has 1 saturated heterocycles. The van der Waals surface area contributed by atoms with E-state index in [0.29, 0.717) is 12.8 Å².